The van der Waals surface area contributed by atoms with E-state index >= 15 is 0 Å². The molecule has 0 radical (unpaired) electrons. The summed E-state index contributed by atoms with van der Waals surface area (Å²) in [5.41, 5.74) is 4.29. The average molecular weight is 374 g/mol. The quantitative estimate of drug-likeness (QED) is 0.687. The predicted octanol–water partition coefficient (Wildman–Crippen LogP) is 2.87. The van der Waals surface area contributed by atoms with Gasteiger partial charge in [0, 0.05) is 60.6 Å². The molecule has 0 bridgehead atoms. The van der Waals surface area contributed by atoms with E-state index in [0.29, 0.717) is 18.5 Å². The van der Waals surface area contributed by atoms with Gasteiger partial charge in [0.15, 0.2) is 0 Å². The van der Waals surface area contributed by atoms with Crippen molar-refractivity contribution in [2.24, 2.45) is 4.99 Å². The Labute approximate surface area is 163 Å². The first-order valence-electron chi connectivity index (χ1n) is 9.58. The maximum atomic E-state index is 5.76. The molecular weight excluding hydrogens is 352 g/mol. The fraction of sp³-hybridized carbons (Fsp3) is 0.333. The van der Waals surface area contributed by atoms with E-state index in [1.165, 1.54) is 0 Å². The Kier molecular flexibility index (Phi) is 4.07. The Morgan fingerprint density at radius 2 is 2.04 bits per heavy atom. The zero-order valence-electron chi connectivity index (χ0n) is 16.0. The lowest BCUT2D eigenvalue weighted by Crippen LogP contribution is -2.48. The Balaban J connectivity index is 1.37. The van der Waals surface area contributed by atoms with Crippen LogP contribution < -0.4 is 9.64 Å². The number of hydrogen-bond donors (Lipinski definition) is 0. The number of aromatic nitrogens is 4. The summed E-state index contributed by atoms with van der Waals surface area (Å²) in [6.07, 6.45) is 7.66. The first-order valence-corrected chi connectivity index (χ1v) is 9.58. The third-order valence-corrected chi connectivity index (χ3v) is 5.08. The van der Waals surface area contributed by atoms with E-state index in [2.05, 4.69) is 26.0 Å². The molecule has 1 fully saturated rings. The normalized spacial score (nSPS) is 16.1. The minimum atomic E-state index is 0.0917. The SMILES string of the molecule is CC(C)Oc1cc2c(cn1)CN=C2c1ccnc(N2CC(n3cccn3)C2)c1. The predicted molar refractivity (Wildman–Crippen MR) is 107 cm³/mol. The Morgan fingerprint density at radius 3 is 2.82 bits per heavy atom. The van der Waals surface area contributed by atoms with Crippen LogP contribution in [-0.2, 0) is 6.54 Å². The van der Waals surface area contributed by atoms with Crippen molar-refractivity contribution < 1.29 is 4.74 Å². The molecule has 5 rings (SSSR count). The van der Waals surface area contributed by atoms with Crippen molar-refractivity contribution in [3.8, 4) is 5.88 Å². The van der Waals surface area contributed by atoms with Gasteiger partial charge in [-0.2, -0.15) is 5.10 Å². The van der Waals surface area contributed by atoms with E-state index in [-0.39, 0.29) is 6.10 Å². The van der Waals surface area contributed by atoms with Crippen molar-refractivity contribution in [1.29, 1.82) is 0 Å². The topological polar surface area (TPSA) is 68.4 Å². The second-order valence-corrected chi connectivity index (χ2v) is 7.46. The molecule has 28 heavy (non-hydrogen) atoms. The molecule has 2 aliphatic heterocycles. The Morgan fingerprint density at radius 1 is 1.14 bits per heavy atom. The molecule has 142 valence electrons. The van der Waals surface area contributed by atoms with Gasteiger partial charge in [-0.25, -0.2) is 9.97 Å². The molecule has 0 aromatic carbocycles. The van der Waals surface area contributed by atoms with E-state index in [1.54, 1.807) is 0 Å². The molecule has 0 aliphatic carbocycles. The fourth-order valence-corrected chi connectivity index (χ4v) is 3.66. The minimum Gasteiger partial charge on any atom is -0.475 e. The molecule has 0 N–H and O–H groups in total. The summed E-state index contributed by atoms with van der Waals surface area (Å²) < 4.78 is 7.78. The highest BCUT2D eigenvalue weighted by atomic mass is 16.5. The van der Waals surface area contributed by atoms with Gasteiger partial charge in [-0.15, -0.1) is 0 Å². The lowest BCUT2D eigenvalue weighted by atomic mass is 10.0. The second-order valence-electron chi connectivity index (χ2n) is 7.46. The van der Waals surface area contributed by atoms with Crippen LogP contribution in [-0.4, -0.2) is 44.7 Å². The molecule has 7 heteroatoms. The lowest BCUT2D eigenvalue weighted by Gasteiger charge is -2.40. The molecule has 0 spiro atoms. The van der Waals surface area contributed by atoms with Crippen molar-refractivity contribution in [3.05, 3.63) is 65.7 Å². The van der Waals surface area contributed by atoms with Crippen LogP contribution in [0.4, 0.5) is 5.82 Å². The third-order valence-electron chi connectivity index (χ3n) is 5.08. The lowest BCUT2D eigenvalue weighted by molar-refractivity contribution is 0.232. The van der Waals surface area contributed by atoms with Crippen LogP contribution in [0.2, 0.25) is 0 Å². The van der Waals surface area contributed by atoms with Gasteiger partial charge in [0.05, 0.1) is 24.4 Å². The Bertz CT molecular complexity index is 1020. The zero-order chi connectivity index (χ0) is 19.1. The van der Waals surface area contributed by atoms with E-state index in [0.717, 1.165) is 41.3 Å². The molecule has 3 aromatic heterocycles. The van der Waals surface area contributed by atoms with Crippen LogP contribution >= 0.6 is 0 Å². The molecule has 1 saturated heterocycles. The monoisotopic (exact) mass is 374 g/mol. The summed E-state index contributed by atoms with van der Waals surface area (Å²) in [6, 6.07) is 8.51. The smallest absolute Gasteiger partial charge is 0.214 e. The fourth-order valence-electron chi connectivity index (χ4n) is 3.66. The number of rotatable bonds is 5. The molecule has 0 atom stereocenters. The van der Waals surface area contributed by atoms with Crippen LogP contribution in [0, 0.1) is 0 Å². The largest absolute Gasteiger partial charge is 0.475 e. The molecule has 7 nitrogen and oxygen atoms in total. The van der Waals surface area contributed by atoms with E-state index in [1.807, 2.05) is 61.5 Å². The van der Waals surface area contributed by atoms with Crippen LogP contribution in [0.3, 0.4) is 0 Å². The molecule has 0 amide bonds. The minimum absolute atomic E-state index is 0.0917. The zero-order valence-corrected chi connectivity index (χ0v) is 16.0. The number of ether oxygens (including phenoxy) is 1. The number of hydrogen-bond acceptors (Lipinski definition) is 6. The van der Waals surface area contributed by atoms with Gasteiger partial charge >= 0.3 is 0 Å². The van der Waals surface area contributed by atoms with E-state index < -0.39 is 0 Å². The first kappa shape index (κ1) is 16.9. The van der Waals surface area contributed by atoms with Gasteiger partial charge in [0.2, 0.25) is 5.88 Å². The van der Waals surface area contributed by atoms with Gasteiger partial charge in [0.25, 0.3) is 0 Å². The maximum absolute atomic E-state index is 5.76. The molecule has 2 aliphatic rings. The maximum Gasteiger partial charge on any atom is 0.214 e. The van der Waals surface area contributed by atoms with Crippen LogP contribution in [0.25, 0.3) is 0 Å². The van der Waals surface area contributed by atoms with E-state index in [4.69, 9.17) is 9.73 Å². The van der Waals surface area contributed by atoms with Crippen molar-refractivity contribution in [3.63, 3.8) is 0 Å². The number of aliphatic imine (C=N–C) groups is 1. The van der Waals surface area contributed by atoms with Crippen LogP contribution in [0.1, 0.15) is 36.6 Å². The molecule has 0 unspecified atom stereocenters. The summed E-state index contributed by atoms with van der Waals surface area (Å²) in [5, 5.41) is 4.33. The standard InChI is InChI=1S/C21H22N6O/c1-14(2)28-20-9-18-16(10-23-20)11-24-21(18)15-4-6-22-19(8-15)26-12-17(13-26)27-7-3-5-25-27/h3-10,14,17H,11-13H2,1-2H3. The van der Waals surface area contributed by atoms with E-state index in [9.17, 15) is 0 Å². The average Bonchev–Trinajstić information content (AvgIpc) is 3.30. The third kappa shape index (κ3) is 3.02. The highest BCUT2D eigenvalue weighted by molar-refractivity contribution is 6.15. The van der Waals surface area contributed by atoms with Gasteiger partial charge in [-0.1, -0.05) is 0 Å². The summed E-state index contributed by atoms with van der Waals surface area (Å²) in [7, 11) is 0. The summed E-state index contributed by atoms with van der Waals surface area (Å²) in [6.45, 7) is 6.49. The number of fused-ring (bicyclic) bond motifs is 1. The number of pyridine rings is 2. The van der Waals surface area contributed by atoms with Crippen molar-refractivity contribution in [1.82, 2.24) is 19.7 Å². The number of anilines is 1. The van der Waals surface area contributed by atoms with Gasteiger partial charge in [-0.05, 0) is 32.0 Å². The Hall–Kier alpha value is -3.22. The van der Waals surface area contributed by atoms with Gasteiger partial charge in [0.1, 0.15) is 5.82 Å². The second kappa shape index (κ2) is 6.74. The molecule has 5 heterocycles. The van der Waals surface area contributed by atoms with Gasteiger partial charge in [-0.3, -0.25) is 9.67 Å². The van der Waals surface area contributed by atoms with Crippen LogP contribution in [0.5, 0.6) is 5.88 Å². The molecular formula is C21H22N6O. The summed E-state index contributed by atoms with van der Waals surface area (Å²) >= 11 is 0. The first-order chi connectivity index (χ1) is 13.7. The molecule has 3 aromatic rings. The molecule has 0 saturated carbocycles. The highest BCUT2D eigenvalue weighted by Gasteiger charge is 2.30. The highest BCUT2D eigenvalue weighted by Crippen LogP contribution is 2.29. The van der Waals surface area contributed by atoms with Crippen molar-refractivity contribution in [2.45, 2.75) is 32.5 Å². The van der Waals surface area contributed by atoms with Crippen LogP contribution in [0.15, 0.2) is 54.0 Å². The summed E-state index contributed by atoms with van der Waals surface area (Å²) in [5.74, 6) is 1.62. The summed E-state index contributed by atoms with van der Waals surface area (Å²) in [4.78, 5) is 16.0. The van der Waals surface area contributed by atoms with Crippen molar-refractivity contribution >= 4 is 11.5 Å². The van der Waals surface area contributed by atoms with Gasteiger partial charge < -0.3 is 9.64 Å². The number of nitrogens with zero attached hydrogens (tertiary/aromatic N) is 6. The van der Waals surface area contributed by atoms with Crippen molar-refractivity contribution in [2.75, 3.05) is 18.0 Å².